The Balaban J connectivity index is 2.60. The minimum absolute atomic E-state index is 0.119. The van der Waals surface area contributed by atoms with Gasteiger partial charge in [-0.15, -0.1) is 11.3 Å². The second-order valence-electron chi connectivity index (χ2n) is 3.21. The van der Waals surface area contributed by atoms with Crippen LogP contribution in [0.5, 0.6) is 0 Å². The number of nitrogens with one attached hydrogen (secondary N) is 1. The van der Waals surface area contributed by atoms with Gasteiger partial charge in [0.25, 0.3) is 5.91 Å². The number of nitrogens with two attached hydrogens (primary N) is 1. The van der Waals surface area contributed by atoms with Crippen molar-refractivity contribution in [3.05, 3.63) is 16.1 Å². The van der Waals surface area contributed by atoms with Crippen molar-refractivity contribution in [1.29, 1.82) is 0 Å². The smallest absolute Gasteiger partial charge is 0.294 e. The third-order valence-corrected chi connectivity index (χ3v) is 3.02. The molecule has 1 aromatic heterocycles. The van der Waals surface area contributed by atoms with Crippen molar-refractivity contribution >= 4 is 17.2 Å². The second-order valence-corrected chi connectivity index (χ2v) is 4.07. The summed E-state index contributed by atoms with van der Waals surface area (Å²) in [6.45, 7) is 4.19. The van der Waals surface area contributed by atoms with Gasteiger partial charge in [0.15, 0.2) is 5.01 Å². The van der Waals surface area contributed by atoms with Crippen LogP contribution in [0.1, 0.15) is 22.4 Å². The first-order valence-electron chi connectivity index (χ1n) is 4.99. The number of nitrogens with zero attached hydrogens (tertiary/aromatic N) is 2. The molecule has 0 aliphatic heterocycles. The molecule has 1 heterocycles. The van der Waals surface area contributed by atoms with Crippen molar-refractivity contribution in [2.45, 2.75) is 13.5 Å². The summed E-state index contributed by atoms with van der Waals surface area (Å²) in [5.41, 5.74) is 2.86. The summed E-state index contributed by atoms with van der Waals surface area (Å²) in [7, 11) is 0. The molecule has 0 unspecified atom stereocenters. The fraction of sp³-hybridized carbons (Fsp3) is 0.556. The number of carbonyl (C=O) groups excluding carboxylic acids is 1. The van der Waals surface area contributed by atoms with Gasteiger partial charge < -0.3 is 5.11 Å². The highest BCUT2D eigenvalue weighted by Crippen LogP contribution is 2.11. The third-order valence-electron chi connectivity index (χ3n) is 2.13. The normalized spacial score (nSPS) is 10.8. The van der Waals surface area contributed by atoms with Gasteiger partial charge in [-0.2, -0.15) is 0 Å². The number of thiazole rings is 1. The number of aromatic nitrogens is 1. The molecule has 0 spiro atoms. The lowest BCUT2D eigenvalue weighted by Crippen LogP contribution is -2.30. The number of hydrogen-bond acceptors (Lipinski definition) is 6. The Kier molecular flexibility index (Phi) is 5.33. The van der Waals surface area contributed by atoms with Gasteiger partial charge in [0, 0.05) is 18.5 Å². The number of hydrazine groups is 1. The Bertz CT molecular complexity index is 342. The highest BCUT2D eigenvalue weighted by molar-refractivity contribution is 7.11. The van der Waals surface area contributed by atoms with E-state index in [0.29, 0.717) is 18.1 Å². The Hall–Kier alpha value is -1.02. The number of carbonyl (C=O) groups is 1. The van der Waals surface area contributed by atoms with Crippen molar-refractivity contribution in [2.24, 2.45) is 5.84 Å². The van der Waals surface area contributed by atoms with E-state index in [2.05, 4.69) is 4.98 Å². The maximum atomic E-state index is 11.2. The number of nitrogen functional groups attached to an aromatic ring is 1. The molecule has 7 heteroatoms. The zero-order valence-corrected chi connectivity index (χ0v) is 9.96. The Morgan fingerprint density at radius 2 is 2.50 bits per heavy atom. The number of rotatable bonds is 6. The topological polar surface area (TPSA) is 91.5 Å². The van der Waals surface area contributed by atoms with E-state index < -0.39 is 0 Å². The minimum atomic E-state index is -0.374. The number of hydrogen-bond donors (Lipinski definition) is 3. The summed E-state index contributed by atoms with van der Waals surface area (Å²) in [5.74, 6) is 4.64. The summed E-state index contributed by atoms with van der Waals surface area (Å²) < 4.78 is 0. The zero-order chi connectivity index (χ0) is 12.0. The fourth-order valence-electron chi connectivity index (χ4n) is 1.27. The average molecular weight is 244 g/mol. The Morgan fingerprint density at radius 3 is 3.06 bits per heavy atom. The first kappa shape index (κ1) is 13.0. The molecule has 0 saturated carbocycles. The molecule has 1 rings (SSSR count). The van der Waals surface area contributed by atoms with Gasteiger partial charge in [-0.1, -0.05) is 6.92 Å². The van der Waals surface area contributed by atoms with Gasteiger partial charge in [0.05, 0.1) is 12.3 Å². The highest BCUT2D eigenvalue weighted by atomic mass is 32.1. The third kappa shape index (κ3) is 3.53. The van der Waals surface area contributed by atoms with Crippen LogP contribution in [-0.4, -0.2) is 40.6 Å². The molecular weight excluding hydrogens is 228 g/mol. The number of likely N-dealkylation sites (N-methyl/N-ethyl adjacent to an activating group) is 1. The summed E-state index contributed by atoms with van der Waals surface area (Å²) in [6.07, 6.45) is 0. The Labute approximate surface area is 98.1 Å². The van der Waals surface area contributed by atoms with Gasteiger partial charge in [0.2, 0.25) is 0 Å². The van der Waals surface area contributed by atoms with Crippen LogP contribution in [0.2, 0.25) is 0 Å². The Morgan fingerprint density at radius 1 is 1.75 bits per heavy atom. The average Bonchev–Trinajstić information content (AvgIpc) is 2.76. The molecule has 0 fully saturated rings. The molecule has 6 nitrogen and oxygen atoms in total. The minimum Gasteiger partial charge on any atom is -0.395 e. The van der Waals surface area contributed by atoms with Crippen molar-refractivity contribution in [3.8, 4) is 0 Å². The second kappa shape index (κ2) is 6.54. The summed E-state index contributed by atoms with van der Waals surface area (Å²) in [4.78, 5) is 17.4. The molecule has 90 valence electrons. The molecule has 0 atom stereocenters. The number of aliphatic hydroxyl groups is 1. The van der Waals surface area contributed by atoms with Gasteiger partial charge in [-0.05, 0) is 6.54 Å². The highest BCUT2D eigenvalue weighted by Gasteiger charge is 2.11. The molecule has 0 radical (unpaired) electrons. The molecule has 16 heavy (non-hydrogen) atoms. The van der Waals surface area contributed by atoms with Crippen LogP contribution in [0.25, 0.3) is 0 Å². The van der Waals surface area contributed by atoms with Gasteiger partial charge in [0.1, 0.15) is 0 Å². The standard InChI is InChI=1S/C9H16N4O2S/c1-2-13(3-4-14)5-7-6-16-9(11-7)8(15)12-10/h6,14H,2-5,10H2,1H3,(H,12,15). The van der Waals surface area contributed by atoms with Gasteiger partial charge >= 0.3 is 0 Å². The largest absolute Gasteiger partial charge is 0.395 e. The van der Waals surface area contributed by atoms with Crippen LogP contribution >= 0.6 is 11.3 Å². The lowest BCUT2D eigenvalue weighted by Gasteiger charge is -2.17. The monoisotopic (exact) mass is 244 g/mol. The fourth-order valence-corrected chi connectivity index (χ4v) is 1.98. The summed E-state index contributed by atoms with van der Waals surface area (Å²) >= 11 is 1.26. The molecule has 1 amide bonds. The van der Waals surface area contributed by atoms with Gasteiger partial charge in [-0.25, -0.2) is 10.8 Å². The molecular formula is C9H16N4O2S. The molecule has 1 aromatic rings. The molecule has 0 aliphatic rings. The van der Waals surface area contributed by atoms with E-state index in [4.69, 9.17) is 10.9 Å². The van der Waals surface area contributed by atoms with Crippen LogP contribution < -0.4 is 11.3 Å². The van der Waals surface area contributed by atoms with Crippen LogP contribution in [0.3, 0.4) is 0 Å². The summed E-state index contributed by atoms with van der Waals surface area (Å²) in [5, 5.41) is 11.0. The molecule has 0 aromatic carbocycles. The van der Waals surface area contributed by atoms with Crippen LogP contribution in [-0.2, 0) is 6.54 Å². The van der Waals surface area contributed by atoms with Crippen molar-refractivity contribution in [2.75, 3.05) is 19.7 Å². The van der Waals surface area contributed by atoms with E-state index in [0.717, 1.165) is 12.2 Å². The maximum Gasteiger partial charge on any atom is 0.294 e. The first-order chi connectivity index (χ1) is 7.71. The van der Waals surface area contributed by atoms with E-state index in [-0.39, 0.29) is 12.5 Å². The van der Waals surface area contributed by atoms with E-state index in [1.807, 2.05) is 22.6 Å². The molecule has 4 N–H and O–H groups in total. The molecule has 0 bridgehead atoms. The summed E-state index contributed by atoms with van der Waals surface area (Å²) in [6, 6.07) is 0. The van der Waals surface area contributed by atoms with Gasteiger partial charge in [-0.3, -0.25) is 15.1 Å². The molecule has 0 saturated heterocycles. The van der Waals surface area contributed by atoms with Crippen molar-refractivity contribution in [1.82, 2.24) is 15.3 Å². The van der Waals surface area contributed by atoms with E-state index in [9.17, 15) is 4.79 Å². The molecule has 0 aliphatic carbocycles. The van der Waals surface area contributed by atoms with E-state index in [1.165, 1.54) is 11.3 Å². The number of amides is 1. The SMILES string of the molecule is CCN(CCO)Cc1csc(C(=O)NN)n1. The predicted molar refractivity (Wildman–Crippen MR) is 61.8 cm³/mol. The maximum absolute atomic E-state index is 11.2. The van der Waals surface area contributed by atoms with Crippen LogP contribution in [0.4, 0.5) is 0 Å². The van der Waals surface area contributed by atoms with Crippen LogP contribution in [0, 0.1) is 0 Å². The van der Waals surface area contributed by atoms with E-state index in [1.54, 1.807) is 0 Å². The number of aliphatic hydroxyl groups excluding tert-OH is 1. The first-order valence-corrected chi connectivity index (χ1v) is 5.87. The predicted octanol–water partition coefficient (Wildman–Crippen LogP) is -0.439. The lowest BCUT2D eigenvalue weighted by molar-refractivity contribution is 0.0953. The van der Waals surface area contributed by atoms with Crippen molar-refractivity contribution in [3.63, 3.8) is 0 Å². The van der Waals surface area contributed by atoms with Crippen LogP contribution in [0.15, 0.2) is 5.38 Å². The van der Waals surface area contributed by atoms with E-state index >= 15 is 0 Å². The lowest BCUT2D eigenvalue weighted by atomic mass is 10.4. The quantitative estimate of drug-likeness (QED) is 0.358. The van der Waals surface area contributed by atoms with Crippen molar-refractivity contribution < 1.29 is 9.90 Å². The zero-order valence-electron chi connectivity index (χ0n) is 9.14.